The first kappa shape index (κ1) is 16.4. The van der Waals surface area contributed by atoms with Crippen molar-refractivity contribution in [2.75, 3.05) is 6.54 Å². The standard InChI is InChI=1S/C22H23N3O2/c1-14(17-11-21(26)23-12-17)27-20-10-16(15-5-3-2-4-6-15)9-19-22(20)25(13-24-19)18-7-8-18/h2-6,9-10,13-14,17-18H,7-8,11-12H2,1H3,(H,23,26)/t14-,17?/m1/s1. The van der Waals surface area contributed by atoms with E-state index in [0.29, 0.717) is 19.0 Å². The number of hydrogen-bond acceptors (Lipinski definition) is 3. The number of ether oxygens (including phenoxy) is 1. The molecule has 1 unspecified atom stereocenters. The molecule has 1 amide bonds. The van der Waals surface area contributed by atoms with Crippen molar-refractivity contribution >= 4 is 16.9 Å². The number of benzene rings is 2. The molecule has 27 heavy (non-hydrogen) atoms. The first-order valence-corrected chi connectivity index (χ1v) is 9.68. The van der Waals surface area contributed by atoms with Crippen molar-refractivity contribution < 1.29 is 9.53 Å². The molecule has 1 aliphatic carbocycles. The second kappa shape index (κ2) is 6.41. The van der Waals surface area contributed by atoms with E-state index in [1.165, 1.54) is 12.8 Å². The Morgan fingerprint density at radius 1 is 1.19 bits per heavy atom. The van der Waals surface area contributed by atoms with Crippen LogP contribution in [0.3, 0.4) is 0 Å². The Hall–Kier alpha value is -2.82. The second-order valence-electron chi connectivity index (χ2n) is 7.68. The van der Waals surface area contributed by atoms with E-state index in [9.17, 15) is 4.79 Å². The Labute approximate surface area is 158 Å². The Morgan fingerprint density at radius 3 is 2.70 bits per heavy atom. The summed E-state index contributed by atoms with van der Waals surface area (Å²) in [5.41, 5.74) is 4.29. The molecule has 1 aromatic heterocycles. The van der Waals surface area contributed by atoms with Gasteiger partial charge in [-0.15, -0.1) is 0 Å². The van der Waals surface area contributed by atoms with E-state index in [1.54, 1.807) is 0 Å². The summed E-state index contributed by atoms with van der Waals surface area (Å²) in [6, 6.07) is 15.1. The minimum atomic E-state index is -0.0410. The predicted octanol–water partition coefficient (Wildman–Crippen LogP) is 3.94. The molecule has 138 valence electrons. The van der Waals surface area contributed by atoms with E-state index < -0.39 is 0 Å². The smallest absolute Gasteiger partial charge is 0.220 e. The second-order valence-corrected chi connectivity index (χ2v) is 7.68. The summed E-state index contributed by atoms with van der Waals surface area (Å²) >= 11 is 0. The zero-order valence-corrected chi connectivity index (χ0v) is 15.4. The van der Waals surface area contributed by atoms with Crippen molar-refractivity contribution in [1.82, 2.24) is 14.9 Å². The van der Waals surface area contributed by atoms with Gasteiger partial charge in [0.15, 0.2) is 0 Å². The largest absolute Gasteiger partial charge is 0.488 e. The lowest BCUT2D eigenvalue weighted by Crippen LogP contribution is -2.25. The van der Waals surface area contributed by atoms with Gasteiger partial charge in [-0.3, -0.25) is 4.79 Å². The van der Waals surface area contributed by atoms with Crippen LogP contribution in [0.15, 0.2) is 48.8 Å². The number of aromatic nitrogens is 2. The minimum Gasteiger partial charge on any atom is -0.488 e. The van der Waals surface area contributed by atoms with Gasteiger partial charge < -0.3 is 14.6 Å². The van der Waals surface area contributed by atoms with Crippen LogP contribution >= 0.6 is 0 Å². The summed E-state index contributed by atoms with van der Waals surface area (Å²) in [7, 11) is 0. The van der Waals surface area contributed by atoms with Gasteiger partial charge >= 0.3 is 0 Å². The van der Waals surface area contributed by atoms with Gasteiger partial charge in [0.1, 0.15) is 17.4 Å². The lowest BCUT2D eigenvalue weighted by atomic mass is 10.0. The fourth-order valence-corrected chi connectivity index (χ4v) is 3.91. The van der Waals surface area contributed by atoms with Gasteiger partial charge in [0.25, 0.3) is 0 Å². The molecule has 5 heteroatoms. The van der Waals surface area contributed by atoms with Crippen LogP contribution in [0.4, 0.5) is 0 Å². The molecule has 1 N–H and O–H groups in total. The number of nitrogens with zero attached hydrogens (tertiary/aromatic N) is 2. The molecular weight excluding hydrogens is 338 g/mol. The van der Waals surface area contributed by atoms with Crippen molar-refractivity contribution in [3.8, 4) is 16.9 Å². The topological polar surface area (TPSA) is 56.1 Å². The summed E-state index contributed by atoms with van der Waals surface area (Å²) in [5.74, 6) is 1.18. The van der Waals surface area contributed by atoms with E-state index in [2.05, 4.69) is 46.1 Å². The molecule has 2 atom stereocenters. The van der Waals surface area contributed by atoms with Crippen LogP contribution in [-0.4, -0.2) is 28.1 Å². The summed E-state index contributed by atoms with van der Waals surface area (Å²) in [4.78, 5) is 16.3. The molecule has 0 bridgehead atoms. The summed E-state index contributed by atoms with van der Waals surface area (Å²) in [6.45, 7) is 2.74. The summed E-state index contributed by atoms with van der Waals surface area (Å²) < 4.78 is 8.70. The third kappa shape index (κ3) is 3.07. The average molecular weight is 361 g/mol. The minimum absolute atomic E-state index is 0.0410. The molecular formula is C22H23N3O2. The van der Waals surface area contributed by atoms with E-state index >= 15 is 0 Å². The van der Waals surface area contributed by atoms with Crippen LogP contribution in [-0.2, 0) is 4.79 Å². The van der Waals surface area contributed by atoms with Gasteiger partial charge in [0.2, 0.25) is 5.91 Å². The van der Waals surface area contributed by atoms with E-state index in [4.69, 9.17) is 4.74 Å². The third-order valence-electron chi connectivity index (χ3n) is 5.67. The highest BCUT2D eigenvalue weighted by Gasteiger charge is 2.30. The fourth-order valence-electron chi connectivity index (χ4n) is 3.91. The molecule has 5 nitrogen and oxygen atoms in total. The zero-order chi connectivity index (χ0) is 18.4. The number of carbonyl (C=O) groups excluding carboxylic acids is 1. The number of amides is 1. The molecule has 2 aromatic carbocycles. The number of imidazole rings is 1. The molecule has 2 heterocycles. The number of hydrogen-bond donors (Lipinski definition) is 1. The lowest BCUT2D eigenvalue weighted by molar-refractivity contribution is -0.119. The monoisotopic (exact) mass is 361 g/mol. The van der Waals surface area contributed by atoms with Crippen molar-refractivity contribution in [2.45, 2.75) is 38.3 Å². The molecule has 3 aromatic rings. The van der Waals surface area contributed by atoms with Gasteiger partial charge in [0.05, 0.1) is 11.8 Å². The number of carbonyl (C=O) groups is 1. The van der Waals surface area contributed by atoms with Gasteiger partial charge in [-0.1, -0.05) is 30.3 Å². The van der Waals surface area contributed by atoms with Crippen molar-refractivity contribution in [2.24, 2.45) is 5.92 Å². The van der Waals surface area contributed by atoms with Gasteiger partial charge in [0, 0.05) is 24.9 Å². The maximum absolute atomic E-state index is 11.6. The number of rotatable bonds is 5. The van der Waals surface area contributed by atoms with Crippen LogP contribution in [0.1, 0.15) is 32.2 Å². The Bertz CT molecular complexity index is 991. The van der Waals surface area contributed by atoms with E-state index in [-0.39, 0.29) is 17.9 Å². The molecule has 1 aliphatic heterocycles. The van der Waals surface area contributed by atoms with Crippen molar-refractivity contribution in [1.29, 1.82) is 0 Å². The van der Waals surface area contributed by atoms with Gasteiger partial charge in [-0.05, 0) is 43.0 Å². The highest BCUT2D eigenvalue weighted by Crippen LogP contribution is 2.41. The Kier molecular flexibility index (Phi) is 3.88. The average Bonchev–Trinajstić information content (AvgIpc) is 3.28. The number of fused-ring (bicyclic) bond motifs is 1. The predicted molar refractivity (Wildman–Crippen MR) is 105 cm³/mol. The molecule has 5 rings (SSSR count). The van der Waals surface area contributed by atoms with Crippen molar-refractivity contribution in [3.05, 3.63) is 48.8 Å². The van der Waals surface area contributed by atoms with Crippen LogP contribution in [0.5, 0.6) is 5.75 Å². The Balaban J connectivity index is 1.57. The van der Waals surface area contributed by atoms with Gasteiger partial charge in [-0.25, -0.2) is 4.98 Å². The Morgan fingerprint density at radius 2 is 2.00 bits per heavy atom. The first-order chi connectivity index (χ1) is 13.2. The van der Waals surface area contributed by atoms with E-state index in [0.717, 1.165) is 27.9 Å². The molecule has 1 saturated carbocycles. The van der Waals surface area contributed by atoms with Gasteiger partial charge in [-0.2, -0.15) is 0 Å². The SMILES string of the molecule is C[C@@H](Oc1cc(-c2ccccc2)cc2ncn(C3CC3)c12)C1CNC(=O)C1. The maximum atomic E-state index is 11.6. The third-order valence-corrected chi connectivity index (χ3v) is 5.67. The van der Waals surface area contributed by atoms with Crippen molar-refractivity contribution in [3.63, 3.8) is 0 Å². The fraction of sp³-hybridized carbons (Fsp3) is 0.364. The number of nitrogens with one attached hydrogen (secondary N) is 1. The van der Waals surface area contributed by atoms with Crippen LogP contribution in [0.25, 0.3) is 22.2 Å². The van der Waals surface area contributed by atoms with E-state index in [1.807, 2.05) is 24.5 Å². The van der Waals surface area contributed by atoms with Crippen LogP contribution in [0, 0.1) is 5.92 Å². The summed E-state index contributed by atoms with van der Waals surface area (Å²) in [5, 5.41) is 2.91. The molecule has 0 spiro atoms. The van der Waals surface area contributed by atoms with Crippen LogP contribution < -0.4 is 10.1 Å². The zero-order valence-electron chi connectivity index (χ0n) is 15.4. The normalized spacial score (nSPS) is 20.6. The maximum Gasteiger partial charge on any atom is 0.220 e. The highest BCUT2D eigenvalue weighted by molar-refractivity contribution is 5.88. The summed E-state index contributed by atoms with van der Waals surface area (Å²) in [6.07, 6.45) is 4.82. The quantitative estimate of drug-likeness (QED) is 0.749. The molecule has 1 saturated heterocycles. The molecule has 0 radical (unpaired) electrons. The highest BCUT2D eigenvalue weighted by atomic mass is 16.5. The lowest BCUT2D eigenvalue weighted by Gasteiger charge is -2.21. The molecule has 2 fully saturated rings. The molecule has 2 aliphatic rings. The van der Waals surface area contributed by atoms with Crippen LogP contribution in [0.2, 0.25) is 0 Å². The first-order valence-electron chi connectivity index (χ1n) is 9.68.